The van der Waals surface area contributed by atoms with Crippen molar-refractivity contribution in [1.29, 1.82) is 0 Å². The van der Waals surface area contributed by atoms with Crippen LogP contribution in [0.5, 0.6) is 0 Å². The Hall–Kier alpha value is -1.88. The number of nitrogens with two attached hydrogens (primary N) is 2. The van der Waals surface area contributed by atoms with Gasteiger partial charge >= 0.3 is 0 Å². The molecule has 0 aliphatic heterocycles. The minimum atomic E-state index is -0.733. The van der Waals surface area contributed by atoms with Gasteiger partial charge in [-0.25, -0.2) is 9.97 Å². The van der Waals surface area contributed by atoms with Gasteiger partial charge in [-0.2, -0.15) is 0 Å². The van der Waals surface area contributed by atoms with Crippen molar-refractivity contribution in [1.82, 2.24) is 14.5 Å². The zero-order valence-electron chi connectivity index (χ0n) is 11.9. The molecule has 0 aromatic carbocycles. The molecule has 6 N–H and O–H groups in total. The van der Waals surface area contributed by atoms with Crippen LogP contribution in [0.1, 0.15) is 10.4 Å². The van der Waals surface area contributed by atoms with E-state index in [0.29, 0.717) is 16.1 Å². The fourth-order valence-electron chi connectivity index (χ4n) is 2.08. The third-order valence-corrected chi connectivity index (χ3v) is 3.92. The van der Waals surface area contributed by atoms with Crippen LogP contribution in [0.2, 0.25) is 0 Å². The Morgan fingerprint density at radius 3 is 2.68 bits per heavy atom. The Balaban J connectivity index is 2.57. The van der Waals surface area contributed by atoms with Gasteiger partial charge in [-0.1, -0.05) is 0 Å². The predicted molar refractivity (Wildman–Crippen MR) is 81.3 cm³/mol. The molecule has 0 radical (unpaired) electrons. The molecule has 0 aliphatic carbocycles. The average Bonchev–Trinajstić information content (AvgIpc) is 2.83. The lowest BCUT2D eigenvalue weighted by molar-refractivity contribution is -0.0508. The number of nitrogens with zero attached hydrogens (tertiary/aromatic N) is 3. The van der Waals surface area contributed by atoms with E-state index in [4.69, 9.17) is 26.4 Å². The Morgan fingerprint density at radius 2 is 2.14 bits per heavy atom. The zero-order chi connectivity index (χ0) is 16.3. The summed E-state index contributed by atoms with van der Waals surface area (Å²) in [5.74, 6) is -0.496. The molecule has 0 aliphatic rings. The average molecular weight is 327 g/mol. The molecule has 2 aromatic heterocycles. The molecule has 2 aromatic rings. The van der Waals surface area contributed by atoms with Crippen LogP contribution in [0.15, 0.2) is 11.4 Å². The van der Waals surface area contributed by atoms with Crippen molar-refractivity contribution >= 4 is 34.5 Å². The first-order valence-corrected chi connectivity index (χ1v) is 7.57. The number of rotatable bonds is 7. The van der Waals surface area contributed by atoms with Crippen molar-refractivity contribution in [3.63, 3.8) is 0 Å². The Kier molecular flexibility index (Phi) is 5.19. The van der Waals surface area contributed by atoms with Crippen molar-refractivity contribution in [3.8, 4) is 0 Å². The summed E-state index contributed by atoms with van der Waals surface area (Å²) in [5, 5.41) is 19.0. The Bertz CT molecular complexity index is 686. The molecule has 0 fully saturated rings. The van der Waals surface area contributed by atoms with E-state index in [9.17, 15) is 4.79 Å². The van der Waals surface area contributed by atoms with Crippen LogP contribution in [-0.2, 0) is 11.5 Å². The van der Waals surface area contributed by atoms with E-state index in [1.54, 1.807) is 10.8 Å². The largest absolute Gasteiger partial charge is 0.394 e. The van der Waals surface area contributed by atoms with Gasteiger partial charge in [-0.3, -0.25) is 9.36 Å². The number of thioether (sulfide) groups is 1. The van der Waals surface area contributed by atoms with E-state index in [1.165, 1.54) is 18.1 Å². The second-order valence-corrected chi connectivity index (χ2v) is 5.21. The number of anilines is 1. The van der Waals surface area contributed by atoms with E-state index in [-0.39, 0.29) is 31.3 Å². The lowest BCUT2D eigenvalue weighted by Gasteiger charge is -2.15. The maximum Gasteiger partial charge on any atom is 0.252 e. The van der Waals surface area contributed by atoms with Crippen molar-refractivity contribution in [2.24, 2.45) is 5.73 Å². The number of primary amides is 1. The molecular weight excluding hydrogens is 310 g/mol. The number of carbonyl (C=O) groups excluding carboxylic acids is 1. The van der Waals surface area contributed by atoms with Crippen LogP contribution >= 0.6 is 11.8 Å². The number of fused-ring (bicyclic) bond motifs is 1. The molecule has 9 nitrogen and oxygen atoms in total. The SMILES string of the molecule is CSc1c(C(N)=O)c2c(N)ncnc2n1COC(CO)CO. The van der Waals surface area contributed by atoms with Crippen LogP contribution in [0.3, 0.4) is 0 Å². The van der Waals surface area contributed by atoms with E-state index in [2.05, 4.69) is 9.97 Å². The quantitative estimate of drug-likeness (QED) is 0.481. The maximum atomic E-state index is 11.8. The third kappa shape index (κ3) is 2.86. The molecule has 0 spiro atoms. The lowest BCUT2D eigenvalue weighted by atomic mass is 10.2. The fraction of sp³-hybridized carbons (Fsp3) is 0.417. The number of hydrogen-bond donors (Lipinski definition) is 4. The lowest BCUT2D eigenvalue weighted by Crippen LogP contribution is -2.23. The van der Waals surface area contributed by atoms with E-state index >= 15 is 0 Å². The summed E-state index contributed by atoms with van der Waals surface area (Å²) in [6.45, 7) is -0.684. The second-order valence-electron chi connectivity index (χ2n) is 4.42. The summed E-state index contributed by atoms with van der Waals surface area (Å²) in [5.41, 5.74) is 11.9. The second kappa shape index (κ2) is 6.92. The number of hydrogen-bond acceptors (Lipinski definition) is 8. The van der Waals surface area contributed by atoms with E-state index < -0.39 is 12.0 Å². The molecule has 22 heavy (non-hydrogen) atoms. The summed E-state index contributed by atoms with van der Waals surface area (Å²) in [6.07, 6.45) is 2.32. The topological polar surface area (TPSA) is 150 Å². The molecule has 0 saturated heterocycles. The first kappa shape index (κ1) is 16.5. The van der Waals surface area contributed by atoms with Gasteiger partial charge in [-0.15, -0.1) is 11.8 Å². The van der Waals surface area contributed by atoms with Gasteiger partial charge < -0.3 is 26.4 Å². The minimum absolute atomic E-state index is 0.0256. The van der Waals surface area contributed by atoms with Gasteiger partial charge in [0.2, 0.25) is 0 Å². The van der Waals surface area contributed by atoms with Crippen molar-refractivity contribution in [3.05, 3.63) is 11.9 Å². The number of aromatic nitrogens is 3. The van der Waals surface area contributed by atoms with Crippen molar-refractivity contribution in [2.45, 2.75) is 17.9 Å². The highest BCUT2D eigenvalue weighted by Crippen LogP contribution is 2.33. The summed E-state index contributed by atoms with van der Waals surface area (Å²) in [4.78, 5) is 19.8. The van der Waals surface area contributed by atoms with Crippen molar-refractivity contribution < 1.29 is 19.7 Å². The van der Waals surface area contributed by atoms with Crippen LogP contribution in [0, 0.1) is 0 Å². The molecule has 0 saturated carbocycles. The Morgan fingerprint density at radius 1 is 1.45 bits per heavy atom. The van der Waals surface area contributed by atoms with Gasteiger partial charge in [0.25, 0.3) is 5.91 Å². The number of nitrogen functional groups attached to an aromatic ring is 1. The summed E-state index contributed by atoms with van der Waals surface area (Å²) >= 11 is 1.29. The van der Waals surface area contributed by atoms with Gasteiger partial charge in [0.1, 0.15) is 30.6 Å². The highest BCUT2D eigenvalue weighted by Gasteiger charge is 2.24. The van der Waals surface area contributed by atoms with Gasteiger partial charge in [0, 0.05) is 0 Å². The first-order chi connectivity index (χ1) is 10.5. The van der Waals surface area contributed by atoms with E-state index in [1.807, 2.05) is 0 Å². The summed E-state index contributed by atoms with van der Waals surface area (Å²) in [7, 11) is 0. The number of carbonyl (C=O) groups is 1. The molecule has 0 bridgehead atoms. The molecular formula is C12H17N5O4S. The van der Waals surface area contributed by atoms with Gasteiger partial charge in [-0.05, 0) is 6.26 Å². The van der Waals surface area contributed by atoms with Crippen molar-refractivity contribution in [2.75, 3.05) is 25.2 Å². The number of aliphatic hydroxyl groups excluding tert-OH is 2. The molecule has 10 heteroatoms. The van der Waals surface area contributed by atoms with Crippen LogP contribution in [-0.4, -0.2) is 56.2 Å². The summed E-state index contributed by atoms with van der Waals surface area (Å²) < 4.78 is 7.01. The number of ether oxygens (including phenoxy) is 1. The number of amides is 1. The molecule has 0 unspecified atom stereocenters. The predicted octanol–water partition coefficient (Wildman–Crippen LogP) is -0.838. The first-order valence-electron chi connectivity index (χ1n) is 6.34. The van der Waals surface area contributed by atoms with Gasteiger partial charge in [0.15, 0.2) is 0 Å². The molecule has 2 heterocycles. The molecule has 1 amide bonds. The highest BCUT2D eigenvalue weighted by atomic mass is 32.2. The number of aliphatic hydroxyl groups is 2. The smallest absolute Gasteiger partial charge is 0.252 e. The Labute approximate surface area is 130 Å². The van der Waals surface area contributed by atoms with Crippen LogP contribution < -0.4 is 11.5 Å². The van der Waals surface area contributed by atoms with Crippen LogP contribution in [0.25, 0.3) is 11.0 Å². The fourth-order valence-corrected chi connectivity index (χ4v) is 2.84. The molecule has 0 atom stereocenters. The highest BCUT2D eigenvalue weighted by molar-refractivity contribution is 7.98. The maximum absolute atomic E-state index is 11.8. The van der Waals surface area contributed by atoms with Gasteiger partial charge in [0.05, 0.1) is 29.2 Å². The molecule has 2 rings (SSSR count). The minimum Gasteiger partial charge on any atom is -0.394 e. The third-order valence-electron chi connectivity index (χ3n) is 3.11. The monoisotopic (exact) mass is 327 g/mol. The standard InChI is InChI=1S/C12H17N5O4S/c1-22-12-8(10(14)20)7-9(13)15-4-16-11(7)17(12)5-21-6(2-18)3-19/h4,6,18-19H,2-3,5H2,1H3,(H2,14,20)(H2,13,15,16). The van der Waals surface area contributed by atoms with Crippen LogP contribution in [0.4, 0.5) is 5.82 Å². The summed E-state index contributed by atoms with van der Waals surface area (Å²) in [6, 6.07) is 0. The molecule has 120 valence electrons. The van der Waals surface area contributed by atoms with E-state index in [0.717, 1.165) is 0 Å². The normalized spacial score (nSPS) is 11.5. The zero-order valence-corrected chi connectivity index (χ0v) is 12.7.